The molecule has 1 atom stereocenters. The average molecular weight is 287 g/mol. The molecule has 0 heterocycles. The molecule has 0 radical (unpaired) electrons. The molecular weight excluding hydrogens is 240 g/mol. The van der Waals surface area contributed by atoms with Crippen molar-refractivity contribution in [3.05, 3.63) is 0 Å². The van der Waals surface area contributed by atoms with Crippen LogP contribution < -0.4 is 0 Å². The molecule has 126 valence electrons. The van der Waals surface area contributed by atoms with E-state index in [0.717, 1.165) is 23.7 Å². The topological polar surface area (TPSA) is 0 Å². The Bertz CT molecular complexity index is 140. The van der Waals surface area contributed by atoms with Gasteiger partial charge in [0, 0.05) is 0 Å². The summed E-state index contributed by atoms with van der Waals surface area (Å²) in [5.74, 6) is 3.87. The monoisotopic (exact) mass is 286 g/mol. The van der Waals surface area contributed by atoms with Crippen molar-refractivity contribution in [2.24, 2.45) is 23.7 Å². The van der Waals surface area contributed by atoms with Crippen LogP contribution in [0.25, 0.3) is 0 Å². The zero-order valence-electron chi connectivity index (χ0n) is 16.6. The summed E-state index contributed by atoms with van der Waals surface area (Å²) in [5.41, 5.74) is 0. The third-order valence-corrected chi connectivity index (χ3v) is 4.30. The molecule has 1 aliphatic rings. The molecule has 0 aromatic rings. The summed E-state index contributed by atoms with van der Waals surface area (Å²) < 4.78 is 0. The molecule has 0 N–H and O–H groups in total. The van der Waals surface area contributed by atoms with E-state index >= 15 is 0 Å². The molecule has 1 unspecified atom stereocenters. The molecule has 0 amide bonds. The minimum absolute atomic E-state index is 0.873. The van der Waals surface area contributed by atoms with Gasteiger partial charge in [-0.25, -0.2) is 0 Å². The van der Waals surface area contributed by atoms with E-state index in [4.69, 9.17) is 0 Å². The van der Waals surface area contributed by atoms with E-state index in [1.807, 2.05) is 41.5 Å². The molecule has 0 aliphatic heterocycles. The van der Waals surface area contributed by atoms with Gasteiger partial charge in [-0.2, -0.15) is 0 Å². The average Bonchev–Trinajstić information content (AvgIpc) is 2.52. The highest BCUT2D eigenvalue weighted by atomic mass is 14.2. The van der Waals surface area contributed by atoms with Gasteiger partial charge in [0.25, 0.3) is 0 Å². The Morgan fingerprint density at radius 3 is 1.50 bits per heavy atom. The summed E-state index contributed by atoms with van der Waals surface area (Å²) in [6.45, 7) is 21.5. The lowest BCUT2D eigenvalue weighted by atomic mass is 9.79. The zero-order valence-corrected chi connectivity index (χ0v) is 16.6. The smallest absolute Gasteiger partial charge is 0.0414 e. The van der Waals surface area contributed by atoms with Crippen molar-refractivity contribution in [1.82, 2.24) is 0 Å². The van der Waals surface area contributed by atoms with E-state index in [1.54, 1.807) is 0 Å². The highest BCUT2D eigenvalue weighted by Gasteiger charge is 2.19. The normalized spacial score (nSPS) is 22.4. The molecule has 1 aliphatic carbocycles. The molecule has 1 rings (SSSR count). The van der Waals surface area contributed by atoms with Crippen LogP contribution >= 0.6 is 0 Å². The molecule has 20 heavy (non-hydrogen) atoms. The van der Waals surface area contributed by atoms with Crippen LogP contribution in [0.5, 0.6) is 0 Å². The van der Waals surface area contributed by atoms with E-state index in [0.29, 0.717) is 0 Å². The summed E-state index contributed by atoms with van der Waals surface area (Å²) in [7, 11) is 0. The van der Waals surface area contributed by atoms with E-state index in [1.165, 1.54) is 38.5 Å². The van der Waals surface area contributed by atoms with Gasteiger partial charge in [0.15, 0.2) is 0 Å². The fourth-order valence-corrected chi connectivity index (χ4v) is 2.45. The van der Waals surface area contributed by atoms with Gasteiger partial charge in [-0.05, 0) is 23.7 Å². The van der Waals surface area contributed by atoms with Crippen LogP contribution in [0.3, 0.4) is 0 Å². The van der Waals surface area contributed by atoms with Crippen molar-refractivity contribution < 1.29 is 0 Å². The van der Waals surface area contributed by atoms with Crippen LogP contribution in [0.1, 0.15) is 108 Å². The lowest BCUT2D eigenvalue weighted by Gasteiger charge is -2.27. The number of hydrogen-bond donors (Lipinski definition) is 0. The maximum atomic E-state index is 2.41. The molecule has 0 aromatic carbocycles. The van der Waals surface area contributed by atoms with Gasteiger partial charge in [-0.15, -0.1) is 0 Å². The first-order valence-corrected chi connectivity index (χ1v) is 9.59. The molecule has 0 saturated heterocycles. The van der Waals surface area contributed by atoms with Crippen LogP contribution in [-0.4, -0.2) is 0 Å². The predicted octanol–water partition coefficient (Wildman–Crippen LogP) is 7.96. The van der Waals surface area contributed by atoms with Crippen molar-refractivity contribution in [3.8, 4) is 0 Å². The lowest BCUT2D eigenvalue weighted by Crippen LogP contribution is -2.14. The van der Waals surface area contributed by atoms with E-state index in [9.17, 15) is 0 Å². The summed E-state index contributed by atoms with van der Waals surface area (Å²) >= 11 is 0. The second kappa shape index (κ2) is 19.0. The molecule has 0 nitrogen and oxygen atoms in total. The van der Waals surface area contributed by atoms with Crippen LogP contribution in [0.15, 0.2) is 0 Å². The summed E-state index contributed by atoms with van der Waals surface area (Å²) in [4.78, 5) is 0. The summed E-state index contributed by atoms with van der Waals surface area (Å²) in [6.07, 6.45) is 8.93. The minimum Gasteiger partial charge on any atom is -0.0683 e. The Labute approximate surface area is 132 Å². The van der Waals surface area contributed by atoms with Crippen molar-refractivity contribution in [2.45, 2.75) is 108 Å². The van der Waals surface area contributed by atoms with Crippen LogP contribution in [0.2, 0.25) is 0 Å². The van der Waals surface area contributed by atoms with Gasteiger partial charge in [0.2, 0.25) is 0 Å². The first-order chi connectivity index (χ1) is 9.59. The molecule has 0 aromatic heterocycles. The Balaban J connectivity index is -0.000000425. The Hall–Kier alpha value is 0. The maximum absolute atomic E-state index is 2.41. The first kappa shape index (κ1) is 25.0. The zero-order chi connectivity index (χ0) is 16.6. The Kier molecular flexibility index (Phi) is 23.7. The standard InChI is InChI=1S/C14H28.3C2H6/c1-11(2)13(4)7-10-14-8-5-12(3)6-9-14;3*1-2/h11-14H,5-10H2,1-4H3;3*1-2H3. The largest absolute Gasteiger partial charge is 0.0683 e. The SMILES string of the molecule is CC.CC.CC.CC1CCC(CCC(C)C(C)C)CC1. The van der Waals surface area contributed by atoms with Crippen molar-refractivity contribution in [2.75, 3.05) is 0 Å². The molecule has 0 bridgehead atoms. The van der Waals surface area contributed by atoms with E-state index in [-0.39, 0.29) is 0 Å². The van der Waals surface area contributed by atoms with Crippen LogP contribution in [-0.2, 0) is 0 Å². The van der Waals surface area contributed by atoms with Gasteiger partial charge < -0.3 is 0 Å². The molecule has 0 spiro atoms. The second-order valence-corrected chi connectivity index (χ2v) is 5.92. The fourth-order valence-electron chi connectivity index (χ4n) is 2.45. The number of hydrogen-bond acceptors (Lipinski definition) is 0. The van der Waals surface area contributed by atoms with Gasteiger partial charge in [-0.1, -0.05) is 108 Å². The van der Waals surface area contributed by atoms with Crippen molar-refractivity contribution in [1.29, 1.82) is 0 Å². The third kappa shape index (κ3) is 14.4. The highest BCUT2D eigenvalue weighted by Crippen LogP contribution is 2.32. The van der Waals surface area contributed by atoms with Crippen LogP contribution in [0.4, 0.5) is 0 Å². The fraction of sp³-hybridized carbons (Fsp3) is 1.00. The molecule has 0 heteroatoms. The second-order valence-electron chi connectivity index (χ2n) is 5.92. The van der Waals surface area contributed by atoms with Gasteiger partial charge in [0.05, 0.1) is 0 Å². The van der Waals surface area contributed by atoms with Gasteiger partial charge >= 0.3 is 0 Å². The minimum atomic E-state index is 0.873. The van der Waals surface area contributed by atoms with E-state index in [2.05, 4.69) is 27.7 Å². The number of rotatable bonds is 4. The van der Waals surface area contributed by atoms with Crippen LogP contribution in [0, 0.1) is 23.7 Å². The van der Waals surface area contributed by atoms with Gasteiger partial charge in [-0.3, -0.25) is 0 Å². The summed E-state index contributed by atoms with van der Waals surface area (Å²) in [6, 6.07) is 0. The van der Waals surface area contributed by atoms with Crippen molar-refractivity contribution in [3.63, 3.8) is 0 Å². The molecular formula is C20H46. The highest BCUT2D eigenvalue weighted by molar-refractivity contribution is 4.71. The third-order valence-electron chi connectivity index (χ3n) is 4.30. The Morgan fingerprint density at radius 2 is 1.15 bits per heavy atom. The predicted molar refractivity (Wildman–Crippen MR) is 98.4 cm³/mol. The van der Waals surface area contributed by atoms with Gasteiger partial charge in [0.1, 0.15) is 0 Å². The summed E-state index contributed by atoms with van der Waals surface area (Å²) in [5, 5.41) is 0. The molecule has 1 fully saturated rings. The van der Waals surface area contributed by atoms with Crippen molar-refractivity contribution >= 4 is 0 Å². The maximum Gasteiger partial charge on any atom is -0.0414 e. The first-order valence-electron chi connectivity index (χ1n) is 9.59. The van der Waals surface area contributed by atoms with E-state index < -0.39 is 0 Å². The Morgan fingerprint density at radius 1 is 0.750 bits per heavy atom. The lowest BCUT2D eigenvalue weighted by molar-refractivity contribution is 0.251. The quantitative estimate of drug-likeness (QED) is 0.491. The molecule has 1 saturated carbocycles.